The van der Waals surface area contributed by atoms with Crippen molar-refractivity contribution in [1.82, 2.24) is 19.3 Å². The molecule has 2 heterocycles. The van der Waals surface area contributed by atoms with Crippen LogP contribution in [0.4, 0.5) is 13.2 Å². The number of methoxy groups -OCH3 is 1. The molecule has 3 rings (SSSR count). The Morgan fingerprint density at radius 3 is 2.59 bits per heavy atom. The van der Waals surface area contributed by atoms with E-state index in [1.54, 1.807) is 20.1 Å². The predicted octanol–water partition coefficient (Wildman–Crippen LogP) is 5.10. The lowest BCUT2D eigenvalue weighted by Gasteiger charge is -2.12. The number of ether oxygens (including phenoxy) is 1. The molecule has 0 spiro atoms. The third kappa shape index (κ3) is 5.07. The number of aryl methyl sites for hydroxylation is 1. The van der Waals surface area contributed by atoms with E-state index in [0.29, 0.717) is 34.7 Å². The van der Waals surface area contributed by atoms with E-state index >= 15 is 0 Å². The summed E-state index contributed by atoms with van der Waals surface area (Å²) in [6, 6.07) is 8.88. The largest absolute Gasteiger partial charge is 0.496 e. The van der Waals surface area contributed by atoms with Crippen LogP contribution in [-0.4, -0.2) is 44.2 Å². The molecule has 1 aromatic carbocycles. The van der Waals surface area contributed by atoms with Gasteiger partial charge in [-0.3, -0.25) is 9.36 Å². The maximum absolute atomic E-state index is 12.8. The molecule has 3 aromatic rings. The van der Waals surface area contributed by atoms with Crippen molar-refractivity contribution in [3.8, 4) is 17.1 Å². The fraction of sp³-hybridized carbons (Fsp3) is 0.318. The van der Waals surface area contributed by atoms with Crippen LogP contribution in [-0.2, 0) is 13.1 Å². The molecule has 0 fully saturated rings. The highest BCUT2D eigenvalue weighted by atomic mass is 32.2. The van der Waals surface area contributed by atoms with E-state index in [1.807, 2.05) is 28.8 Å². The van der Waals surface area contributed by atoms with Crippen molar-refractivity contribution in [3.05, 3.63) is 59.9 Å². The van der Waals surface area contributed by atoms with E-state index in [1.165, 1.54) is 24.8 Å². The van der Waals surface area contributed by atoms with Gasteiger partial charge in [0.1, 0.15) is 12.3 Å². The highest BCUT2D eigenvalue weighted by Gasteiger charge is 2.30. The molecule has 6 nitrogen and oxygen atoms in total. The molecular weight excluding hydrogens is 441 g/mol. The lowest BCUT2D eigenvalue weighted by Crippen LogP contribution is -2.19. The van der Waals surface area contributed by atoms with Crippen LogP contribution in [0.3, 0.4) is 0 Å². The van der Waals surface area contributed by atoms with Gasteiger partial charge in [0, 0.05) is 23.5 Å². The molecule has 0 amide bonds. The summed E-state index contributed by atoms with van der Waals surface area (Å²) >= 11 is 1.18. The van der Waals surface area contributed by atoms with Crippen molar-refractivity contribution in [2.75, 3.05) is 12.9 Å². The first-order valence-corrected chi connectivity index (χ1v) is 10.7. The van der Waals surface area contributed by atoms with Gasteiger partial charge >= 0.3 is 6.18 Å². The molecule has 0 aliphatic carbocycles. The number of aromatic nitrogens is 4. The predicted molar refractivity (Wildman–Crippen MR) is 117 cm³/mol. The maximum Gasteiger partial charge on any atom is 0.406 e. The normalized spacial score (nSPS) is 11.6. The molecular formula is C22H23F3N4O2S. The first-order valence-electron chi connectivity index (χ1n) is 9.73. The third-order valence-electron chi connectivity index (χ3n) is 4.92. The number of carbonyl (C=O) groups excluding carboxylic acids is 1. The van der Waals surface area contributed by atoms with E-state index in [2.05, 4.69) is 16.8 Å². The zero-order valence-corrected chi connectivity index (χ0v) is 18.8. The first kappa shape index (κ1) is 23.6. The lowest BCUT2D eigenvalue weighted by molar-refractivity contribution is -0.141. The van der Waals surface area contributed by atoms with E-state index < -0.39 is 12.7 Å². The number of benzene rings is 1. The molecule has 0 atom stereocenters. The van der Waals surface area contributed by atoms with Crippen LogP contribution in [0.15, 0.2) is 48.1 Å². The molecule has 2 aromatic heterocycles. The number of alkyl halides is 3. The fourth-order valence-electron chi connectivity index (χ4n) is 3.43. The number of rotatable bonds is 9. The van der Waals surface area contributed by atoms with E-state index in [-0.39, 0.29) is 17.1 Å². The molecule has 0 radical (unpaired) electrons. The Morgan fingerprint density at radius 1 is 1.22 bits per heavy atom. The molecule has 170 valence electrons. The molecule has 0 bridgehead atoms. The Morgan fingerprint density at radius 2 is 1.94 bits per heavy atom. The Labute approximate surface area is 188 Å². The van der Waals surface area contributed by atoms with Crippen LogP contribution in [0.1, 0.15) is 21.7 Å². The van der Waals surface area contributed by atoms with Crippen LogP contribution in [0.2, 0.25) is 0 Å². The molecule has 0 saturated heterocycles. The summed E-state index contributed by atoms with van der Waals surface area (Å²) in [5.41, 5.74) is 1.71. The van der Waals surface area contributed by atoms with Crippen LogP contribution in [0.25, 0.3) is 11.4 Å². The van der Waals surface area contributed by atoms with Crippen molar-refractivity contribution in [3.63, 3.8) is 0 Å². The molecule has 10 heteroatoms. The summed E-state index contributed by atoms with van der Waals surface area (Å²) in [7, 11) is 1.57. The van der Waals surface area contributed by atoms with Crippen molar-refractivity contribution in [2.24, 2.45) is 0 Å². The van der Waals surface area contributed by atoms with E-state index in [9.17, 15) is 18.0 Å². The summed E-state index contributed by atoms with van der Waals surface area (Å²) in [5.74, 6) is 0.941. The average molecular weight is 465 g/mol. The maximum atomic E-state index is 12.8. The zero-order chi connectivity index (χ0) is 23.5. The monoisotopic (exact) mass is 464 g/mol. The highest BCUT2D eigenvalue weighted by Crippen LogP contribution is 2.31. The van der Waals surface area contributed by atoms with Gasteiger partial charge in [-0.2, -0.15) is 13.2 Å². The molecule has 0 N–H and O–H groups in total. The Bertz CT molecular complexity index is 1130. The molecule has 32 heavy (non-hydrogen) atoms. The van der Waals surface area contributed by atoms with Gasteiger partial charge in [0.25, 0.3) is 0 Å². The minimum atomic E-state index is -4.36. The average Bonchev–Trinajstić information content (AvgIpc) is 3.27. The standard InChI is InChI=1S/C22H23F3N4O2S/c1-5-10-28-20(16-8-6-7-9-19(16)31-4)26-27-21(28)32-12-18(30)17-11-14(2)29(15(17)3)13-22(23,24)25/h5-9,11H,1,10,12-13H2,2-4H3. The number of Topliss-reactive ketones (excluding diaryl/α,β-unsaturated/α-hetero) is 1. The highest BCUT2D eigenvalue weighted by molar-refractivity contribution is 7.99. The third-order valence-corrected chi connectivity index (χ3v) is 5.89. The number of hydrogen-bond donors (Lipinski definition) is 0. The van der Waals surface area contributed by atoms with Gasteiger partial charge in [0.15, 0.2) is 16.8 Å². The van der Waals surface area contributed by atoms with Gasteiger partial charge in [0.2, 0.25) is 0 Å². The topological polar surface area (TPSA) is 61.9 Å². The summed E-state index contributed by atoms with van der Waals surface area (Å²) in [5, 5.41) is 8.98. The van der Waals surface area contributed by atoms with Crippen LogP contribution in [0, 0.1) is 13.8 Å². The Hall–Kier alpha value is -3.01. The van der Waals surface area contributed by atoms with Crippen LogP contribution < -0.4 is 4.74 Å². The number of halogens is 3. The number of nitrogens with zero attached hydrogens (tertiary/aromatic N) is 4. The van der Waals surface area contributed by atoms with Crippen LogP contribution >= 0.6 is 11.8 Å². The second-order valence-electron chi connectivity index (χ2n) is 7.10. The van der Waals surface area contributed by atoms with E-state index in [0.717, 1.165) is 10.1 Å². The second-order valence-corrected chi connectivity index (χ2v) is 8.05. The Balaban J connectivity index is 1.83. The summed E-state index contributed by atoms with van der Waals surface area (Å²) in [6.45, 7) is 6.14. The van der Waals surface area contributed by atoms with Gasteiger partial charge < -0.3 is 9.30 Å². The van der Waals surface area contributed by atoms with Gasteiger partial charge in [0.05, 0.1) is 18.4 Å². The quantitative estimate of drug-likeness (QED) is 0.251. The lowest BCUT2D eigenvalue weighted by atomic mass is 10.2. The minimum Gasteiger partial charge on any atom is -0.496 e. The Kier molecular flexibility index (Phi) is 7.12. The molecule has 0 saturated carbocycles. The second kappa shape index (κ2) is 9.64. The smallest absolute Gasteiger partial charge is 0.406 e. The summed E-state index contributed by atoms with van der Waals surface area (Å²) in [6.07, 6.45) is -2.67. The summed E-state index contributed by atoms with van der Waals surface area (Å²) < 4.78 is 46.9. The van der Waals surface area contributed by atoms with Crippen molar-refractivity contribution >= 4 is 17.5 Å². The summed E-state index contributed by atoms with van der Waals surface area (Å²) in [4.78, 5) is 12.8. The minimum absolute atomic E-state index is 0.0114. The SMILES string of the molecule is C=CCn1c(SCC(=O)c2cc(C)n(CC(F)(F)F)c2C)nnc1-c1ccccc1OC. The van der Waals surface area contributed by atoms with Gasteiger partial charge in [-0.1, -0.05) is 30.0 Å². The number of para-hydroxylation sites is 1. The van der Waals surface area contributed by atoms with Gasteiger partial charge in [-0.25, -0.2) is 0 Å². The van der Waals surface area contributed by atoms with Crippen LogP contribution in [0.5, 0.6) is 5.75 Å². The molecule has 0 unspecified atom stereocenters. The zero-order valence-electron chi connectivity index (χ0n) is 17.9. The fourth-order valence-corrected chi connectivity index (χ4v) is 4.26. The van der Waals surface area contributed by atoms with Crippen molar-refractivity contribution < 1.29 is 22.7 Å². The molecule has 0 aliphatic rings. The first-order chi connectivity index (χ1) is 15.2. The van der Waals surface area contributed by atoms with Gasteiger partial charge in [-0.15, -0.1) is 16.8 Å². The number of carbonyl (C=O) groups is 1. The van der Waals surface area contributed by atoms with Crippen molar-refractivity contribution in [2.45, 2.75) is 38.3 Å². The molecule has 0 aliphatic heterocycles. The van der Waals surface area contributed by atoms with Crippen molar-refractivity contribution in [1.29, 1.82) is 0 Å². The number of hydrogen-bond acceptors (Lipinski definition) is 5. The van der Waals surface area contributed by atoms with Gasteiger partial charge in [-0.05, 0) is 32.0 Å². The van der Waals surface area contributed by atoms with E-state index in [4.69, 9.17) is 4.74 Å². The number of allylic oxidation sites excluding steroid dienone is 1. The number of thioether (sulfide) groups is 1. The number of ketones is 1.